The highest BCUT2D eigenvalue weighted by molar-refractivity contribution is 5.89. The van der Waals surface area contributed by atoms with Gasteiger partial charge in [0.25, 0.3) is 0 Å². The second kappa shape index (κ2) is 3.05. The Morgan fingerprint density at radius 1 is 1.50 bits per heavy atom. The first-order valence-electron chi connectivity index (χ1n) is 2.78. The molecular weight excluding hydrogens is 136 g/mol. The molecule has 0 unspecified atom stereocenters. The van der Waals surface area contributed by atoms with Crippen molar-refractivity contribution < 1.29 is 14.7 Å². The van der Waals surface area contributed by atoms with Crippen LogP contribution in [0.3, 0.4) is 0 Å². The topological polar surface area (TPSA) is 83.6 Å². The number of imide groups is 1. The molecule has 3 amide bonds. The fourth-order valence-corrected chi connectivity index (χ4v) is 0.570. The molecule has 0 rings (SSSR count). The van der Waals surface area contributed by atoms with Gasteiger partial charge in [0.15, 0.2) is 0 Å². The molecule has 0 heterocycles. The molecule has 0 bridgehead atoms. The van der Waals surface area contributed by atoms with Crippen LogP contribution in [0.4, 0.5) is 9.59 Å². The summed E-state index contributed by atoms with van der Waals surface area (Å²) < 4.78 is 0. The second-order valence-electron chi connectivity index (χ2n) is 2.08. The van der Waals surface area contributed by atoms with Crippen LogP contribution in [0.1, 0.15) is 13.8 Å². The van der Waals surface area contributed by atoms with Crippen LogP contribution in [0, 0.1) is 0 Å². The van der Waals surface area contributed by atoms with Crippen molar-refractivity contribution in [3.05, 3.63) is 0 Å². The third-order valence-corrected chi connectivity index (χ3v) is 0.960. The molecule has 0 aromatic carbocycles. The van der Waals surface area contributed by atoms with E-state index in [1.165, 1.54) is 0 Å². The number of nitrogens with two attached hydrogens (primary N) is 1. The van der Waals surface area contributed by atoms with E-state index in [2.05, 4.69) is 0 Å². The molecule has 10 heavy (non-hydrogen) atoms. The van der Waals surface area contributed by atoms with Crippen LogP contribution in [0.2, 0.25) is 0 Å². The van der Waals surface area contributed by atoms with E-state index in [4.69, 9.17) is 10.8 Å². The van der Waals surface area contributed by atoms with Gasteiger partial charge in [-0.3, -0.25) is 0 Å². The summed E-state index contributed by atoms with van der Waals surface area (Å²) in [7, 11) is 0. The molecule has 0 aromatic heterocycles. The van der Waals surface area contributed by atoms with Crippen molar-refractivity contribution in [2.75, 3.05) is 0 Å². The van der Waals surface area contributed by atoms with Crippen LogP contribution in [-0.2, 0) is 0 Å². The Morgan fingerprint density at radius 2 is 1.90 bits per heavy atom. The van der Waals surface area contributed by atoms with Crippen LogP contribution in [-0.4, -0.2) is 28.2 Å². The SMILES string of the molecule is CC(C)N(C(N)=O)C(=O)O. The Kier molecular flexibility index (Phi) is 2.66. The molecule has 5 heteroatoms. The Bertz CT molecular complexity index is 141. The zero-order chi connectivity index (χ0) is 8.31. The van der Waals surface area contributed by atoms with Crippen molar-refractivity contribution in [2.45, 2.75) is 19.9 Å². The first kappa shape index (κ1) is 8.74. The monoisotopic (exact) mass is 146 g/mol. The van der Waals surface area contributed by atoms with Crippen LogP contribution < -0.4 is 5.73 Å². The lowest BCUT2D eigenvalue weighted by molar-refractivity contribution is 0.141. The van der Waals surface area contributed by atoms with Gasteiger partial charge in [0.1, 0.15) is 0 Å². The van der Waals surface area contributed by atoms with Gasteiger partial charge in [0, 0.05) is 6.04 Å². The average molecular weight is 146 g/mol. The lowest BCUT2D eigenvalue weighted by Gasteiger charge is -2.17. The summed E-state index contributed by atoms with van der Waals surface area (Å²) in [6, 6.07) is -1.35. The molecule has 0 radical (unpaired) electrons. The molecule has 3 N–H and O–H groups in total. The normalized spacial score (nSPS) is 9.50. The molecule has 5 nitrogen and oxygen atoms in total. The van der Waals surface area contributed by atoms with E-state index in [0.29, 0.717) is 4.90 Å². The summed E-state index contributed by atoms with van der Waals surface area (Å²) in [4.78, 5) is 21.1. The Labute approximate surface area is 58.4 Å². The van der Waals surface area contributed by atoms with E-state index in [-0.39, 0.29) is 0 Å². The van der Waals surface area contributed by atoms with Gasteiger partial charge in [-0.1, -0.05) is 0 Å². The molecule has 0 aliphatic heterocycles. The smallest absolute Gasteiger partial charge is 0.415 e. The molecule has 0 aliphatic rings. The van der Waals surface area contributed by atoms with E-state index in [9.17, 15) is 9.59 Å². The average Bonchev–Trinajstić information content (AvgIpc) is 1.59. The van der Waals surface area contributed by atoms with Crippen LogP contribution in [0.15, 0.2) is 0 Å². The van der Waals surface area contributed by atoms with Crippen molar-refractivity contribution in [3.8, 4) is 0 Å². The summed E-state index contributed by atoms with van der Waals surface area (Å²) in [5.41, 5.74) is 4.74. The number of carboxylic acid groups (broad SMARTS) is 1. The molecule has 0 atom stereocenters. The van der Waals surface area contributed by atoms with Crippen LogP contribution in [0.5, 0.6) is 0 Å². The summed E-state index contributed by atoms with van der Waals surface area (Å²) in [5, 5.41) is 8.34. The second-order valence-corrected chi connectivity index (χ2v) is 2.08. The maximum atomic E-state index is 10.3. The van der Waals surface area contributed by atoms with Crippen molar-refractivity contribution in [1.29, 1.82) is 0 Å². The van der Waals surface area contributed by atoms with Gasteiger partial charge < -0.3 is 10.8 Å². The first-order chi connectivity index (χ1) is 4.46. The van der Waals surface area contributed by atoms with Gasteiger partial charge in [-0.2, -0.15) is 0 Å². The zero-order valence-corrected chi connectivity index (χ0v) is 5.87. The number of hydrogen-bond donors (Lipinski definition) is 2. The maximum Gasteiger partial charge on any atom is 0.415 e. The number of carbonyl (C=O) groups excluding carboxylic acids is 1. The highest BCUT2D eigenvalue weighted by Crippen LogP contribution is 1.96. The number of nitrogens with zero attached hydrogens (tertiary/aromatic N) is 1. The molecular formula is C5H10N2O3. The van der Waals surface area contributed by atoms with Crippen LogP contribution >= 0.6 is 0 Å². The van der Waals surface area contributed by atoms with Gasteiger partial charge >= 0.3 is 12.1 Å². The Morgan fingerprint density at radius 3 is 1.90 bits per heavy atom. The van der Waals surface area contributed by atoms with Crippen LogP contribution in [0.25, 0.3) is 0 Å². The number of rotatable bonds is 1. The number of urea groups is 1. The summed E-state index contributed by atoms with van der Waals surface area (Å²) in [6.07, 6.45) is -1.32. The highest BCUT2D eigenvalue weighted by atomic mass is 16.4. The predicted octanol–water partition coefficient (Wildman–Crippen LogP) is 0.454. The summed E-state index contributed by atoms with van der Waals surface area (Å²) in [5.74, 6) is 0. The molecule has 0 aliphatic carbocycles. The van der Waals surface area contributed by atoms with E-state index >= 15 is 0 Å². The number of primary amides is 1. The summed E-state index contributed by atoms with van der Waals surface area (Å²) in [6.45, 7) is 3.14. The highest BCUT2D eigenvalue weighted by Gasteiger charge is 2.20. The molecule has 0 fully saturated rings. The van der Waals surface area contributed by atoms with Crippen molar-refractivity contribution in [2.24, 2.45) is 5.73 Å². The van der Waals surface area contributed by atoms with Crippen molar-refractivity contribution in [1.82, 2.24) is 4.90 Å². The molecule has 0 spiro atoms. The zero-order valence-electron chi connectivity index (χ0n) is 5.87. The van der Waals surface area contributed by atoms with Gasteiger partial charge in [0.2, 0.25) is 0 Å². The minimum Gasteiger partial charge on any atom is -0.465 e. The van der Waals surface area contributed by atoms with E-state index in [0.717, 1.165) is 0 Å². The fraction of sp³-hybridized carbons (Fsp3) is 0.600. The minimum absolute atomic E-state index is 0.407. The fourth-order valence-electron chi connectivity index (χ4n) is 0.570. The maximum absolute atomic E-state index is 10.3. The molecule has 58 valence electrons. The minimum atomic E-state index is -1.32. The third-order valence-electron chi connectivity index (χ3n) is 0.960. The predicted molar refractivity (Wildman–Crippen MR) is 34.6 cm³/mol. The number of amides is 3. The lowest BCUT2D eigenvalue weighted by Crippen LogP contribution is -2.44. The van der Waals surface area contributed by atoms with Gasteiger partial charge in [-0.05, 0) is 13.8 Å². The Balaban J connectivity index is 4.27. The Hall–Kier alpha value is -1.26. The van der Waals surface area contributed by atoms with E-state index < -0.39 is 18.2 Å². The van der Waals surface area contributed by atoms with E-state index in [1.54, 1.807) is 13.8 Å². The van der Waals surface area contributed by atoms with E-state index in [1.807, 2.05) is 0 Å². The van der Waals surface area contributed by atoms with Gasteiger partial charge in [-0.25, -0.2) is 14.5 Å². The standard InChI is InChI=1S/C5H10N2O3/c1-3(2)7(4(6)8)5(9)10/h3H,1-2H3,(H2,6,8)(H,9,10). The van der Waals surface area contributed by atoms with Gasteiger partial charge in [-0.15, -0.1) is 0 Å². The summed E-state index contributed by atoms with van der Waals surface area (Å²) >= 11 is 0. The molecule has 0 saturated carbocycles. The van der Waals surface area contributed by atoms with Crippen molar-refractivity contribution >= 4 is 12.1 Å². The number of carbonyl (C=O) groups is 2. The molecule has 0 aromatic rings. The largest absolute Gasteiger partial charge is 0.465 e. The molecule has 0 saturated heterocycles. The van der Waals surface area contributed by atoms with Gasteiger partial charge in [0.05, 0.1) is 0 Å². The lowest BCUT2D eigenvalue weighted by atomic mass is 10.3. The quantitative estimate of drug-likeness (QED) is 0.563. The first-order valence-corrected chi connectivity index (χ1v) is 2.78. The third kappa shape index (κ3) is 1.93. The number of hydrogen-bond acceptors (Lipinski definition) is 2. The van der Waals surface area contributed by atoms with Crippen molar-refractivity contribution in [3.63, 3.8) is 0 Å².